The van der Waals surface area contributed by atoms with Crippen molar-refractivity contribution in [1.29, 1.82) is 0 Å². The number of fused-ring (bicyclic) bond motifs is 1. The largest absolute Gasteiger partial charge is 0.383 e. The minimum absolute atomic E-state index is 0.0324. The van der Waals surface area contributed by atoms with Gasteiger partial charge in [-0.1, -0.05) is 32.9 Å². The van der Waals surface area contributed by atoms with Gasteiger partial charge >= 0.3 is 0 Å². The van der Waals surface area contributed by atoms with Gasteiger partial charge in [-0.3, -0.25) is 4.79 Å². The number of carbonyl (C=O) groups is 1. The van der Waals surface area contributed by atoms with Crippen molar-refractivity contribution in [2.45, 2.75) is 32.6 Å². The molecule has 0 radical (unpaired) electrons. The van der Waals surface area contributed by atoms with Crippen LogP contribution < -0.4 is 10.6 Å². The number of nitrogens with one attached hydrogen (secondary N) is 2. The Labute approximate surface area is 96.2 Å². The number of hydrogen-bond acceptors (Lipinski definition) is 2. The van der Waals surface area contributed by atoms with Gasteiger partial charge in [-0.2, -0.15) is 0 Å². The average molecular weight is 218 g/mol. The molecule has 2 N–H and O–H groups in total. The fourth-order valence-electron chi connectivity index (χ4n) is 1.97. The van der Waals surface area contributed by atoms with Crippen molar-refractivity contribution in [1.82, 2.24) is 0 Å². The summed E-state index contributed by atoms with van der Waals surface area (Å²) < 4.78 is 0. The normalized spacial score (nSPS) is 15.8. The first-order chi connectivity index (χ1) is 7.48. The topological polar surface area (TPSA) is 41.1 Å². The van der Waals surface area contributed by atoms with Gasteiger partial charge in [0.2, 0.25) is 5.91 Å². The Morgan fingerprint density at radius 3 is 2.69 bits per heavy atom. The van der Waals surface area contributed by atoms with Crippen LogP contribution in [0.4, 0.5) is 11.4 Å². The predicted molar refractivity (Wildman–Crippen MR) is 66.9 cm³/mol. The first-order valence-corrected chi connectivity index (χ1v) is 5.66. The van der Waals surface area contributed by atoms with Crippen LogP contribution in [0.25, 0.3) is 0 Å². The van der Waals surface area contributed by atoms with E-state index < -0.39 is 0 Å². The lowest BCUT2D eigenvalue weighted by atomic mass is 9.85. The Morgan fingerprint density at radius 2 is 2.00 bits per heavy atom. The van der Waals surface area contributed by atoms with E-state index in [-0.39, 0.29) is 11.3 Å². The van der Waals surface area contributed by atoms with Gasteiger partial charge in [0.1, 0.15) is 0 Å². The van der Waals surface area contributed by atoms with Crippen LogP contribution in [-0.2, 0) is 10.2 Å². The third kappa shape index (κ3) is 2.03. The zero-order valence-electron chi connectivity index (χ0n) is 10.1. The molecule has 1 aliphatic heterocycles. The van der Waals surface area contributed by atoms with E-state index in [4.69, 9.17) is 0 Å². The number of para-hydroxylation sites is 1. The summed E-state index contributed by atoms with van der Waals surface area (Å²) in [6.45, 7) is 7.16. The molecule has 0 bridgehead atoms. The van der Waals surface area contributed by atoms with Gasteiger partial charge < -0.3 is 10.6 Å². The van der Waals surface area contributed by atoms with Gasteiger partial charge in [-0.05, 0) is 17.0 Å². The lowest BCUT2D eigenvalue weighted by molar-refractivity contribution is -0.115. The van der Waals surface area contributed by atoms with Gasteiger partial charge in [-0.15, -0.1) is 0 Å². The number of amides is 1. The van der Waals surface area contributed by atoms with Crippen LogP contribution in [0.2, 0.25) is 0 Å². The summed E-state index contributed by atoms with van der Waals surface area (Å²) in [5, 5.41) is 6.28. The quantitative estimate of drug-likeness (QED) is 0.703. The van der Waals surface area contributed by atoms with Crippen molar-refractivity contribution in [3.63, 3.8) is 0 Å². The van der Waals surface area contributed by atoms with E-state index in [0.717, 1.165) is 11.4 Å². The molecular formula is C13H18N2O. The van der Waals surface area contributed by atoms with Crippen LogP contribution >= 0.6 is 0 Å². The SMILES string of the molecule is CC(C)(C)c1cccc2c1NC(=O)CCN2. The van der Waals surface area contributed by atoms with Crippen LogP contribution in [0.5, 0.6) is 0 Å². The van der Waals surface area contributed by atoms with Crippen molar-refractivity contribution >= 4 is 17.3 Å². The Hall–Kier alpha value is -1.51. The molecule has 0 aromatic heterocycles. The van der Waals surface area contributed by atoms with Crippen LogP contribution in [0.1, 0.15) is 32.8 Å². The molecule has 16 heavy (non-hydrogen) atoms. The van der Waals surface area contributed by atoms with Gasteiger partial charge in [0.05, 0.1) is 11.4 Å². The molecule has 1 aliphatic rings. The average Bonchev–Trinajstić information content (AvgIpc) is 2.36. The molecule has 2 rings (SSSR count). The summed E-state index contributed by atoms with van der Waals surface area (Å²) in [5.41, 5.74) is 3.17. The highest BCUT2D eigenvalue weighted by atomic mass is 16.1. The van der Waals surface area contributed by atoms with E-state index in [9.17, 15) is 4.79 Å². The molecule has 1 heterocycles. The molecular weight excluding hydrogens is 200 g/mol. The molecule has 86 valence electrons. The highest BCUT2D eigenvalue weighted by Crippen LogP contribution is 2.35. The lowest BCUT2D eigenvalue weighted by Crippen LogP contribution is -2.17. The summed E-state index contributed by atoms with van der Waals surface area (Å²) >= 11 is 0. The predicted octanol–water partition coefficient (Wildman–Crippen LogP) is 2.74. The maximum atomic E-state index is 11.6. The molecule has 0 spiro atoms. The second-order valence-electron chi connectivity index (χ2n) is 5.20. The molecule has 0 atom stereocenters. The Kier molecular flexibility index (Phi) is 2.62. The van der Waals surface area contributed by atoms with Crippen LogP contribution in [0, 0.1) is 0 Å². The maximum Gasteiger partial charge on any atom is 0.226 e. The number of carbonyl (C=O) groups excluding carboxylic acids is 1. The van der Waals surface area contributed by atoms with Gasteiger partial charge in [0.15, 0.2) is 0 Å². The van der Waals surface area contributed by atoms with Crippen LogP contribution in [0.15, 0.2) is 18.2 Å². The van der Waals surface area contributed by atoms with Crippen molar-refractivity contribution in [2.24, 2.45) is 0 Å². The second-order valence-corrected chi connectivity index (χ2v) is 5.20. The van der Waals surface area contributed by atoms with Gasteiger partial charge in [0, 0.05) is 13.0 Å². The van der Waals surface area contributed by atoms with Gasteiger partial charge in [-0.25, -0.2) is 0 Å². The molecule has 1 aromatic rings. The molecule has 0 saturated heterocycles. The van der Waals surface area contributed by atoms with E-state index in [0.29, 0.717) is 13.0 Å². The molecule has 1 aromatic carbocycles. The van der Waals surface area contributed by atoms with E-state index in [1.165, 1.54) is 5.56 Å². The highest BCUT2D eigenvalue weighted by molar-refractivity contribution is 5.97. The van der Waals surface area contributed by atoms with Crippen LogP contribution in [-0.4, -0.2) is 12.5 Å². The van der Waals surface area contributed by atoms with Gasteiger partial charge in [0.25, 0.3) is 0 Å². The minimum atomic E-state index is 0.0324. The molecule has 0 unspecified atom stereocenters. The third-order valence-corrected chi connectivity index (χ3v) is 2.80. The Morgan fingerprint density at radius 1 is 1.25 bits per heavy atom. The zero-order chi connectivity index (χ0) is 11.8. The zero-order valence-corrected chi connectivity index (χ0v) is 10.1. The fourth-order valence-corrected chi connectivity index (χ4v) is 1.97. The summed E-state index contributed by atoms with van der Waals surface area (Å²) in [5.74, 6) is 0.0861. The van der Waals surface area contributed by atoms with Crippen molar-refractivity contribution in [3.8, 4) is 0 Å². The smallest absolute Gasteiger partial charge is 0.226 e. The molecule has 0 fully saturated rings. The monoisotopic (exact) mass is 218 g/mol. The van der Waals surface area contributed by atoms with E-state index in [2.05, 4.69) is 37.5 Å². The van der Waals surface area contributed by atoms with E-state index in [1.807, 2.05) is 12.1 Å². The molecule has 3 nitrogen and oxygen atoms in total. The summed E-state index contributed by atoms with van der Waals surface area (Å²) in [4.78, 5) is 11.6. The third-order valence-electron chi connectivity index (χ3n) is 2.80. The Bertz CT molecular complexity index is 418. The second kappa shape index (κ2) is 3.81. The molecule has 1 amide bonds. The van der Waals surface area contributed by atoms with E-state index in [1.54, 1.807) is 0 Å². The first-order valence-electron chi connectivity index (χ1n) is 5.66. The Balaban J connectivity index is 2.53. The molecule has 3 heteroatoms. The maximum absolute atomic E-state index is 11.6. The number of hydrogen-bond donors (Lipinski definition) is 2. The van der Waals surface area contributed by atoms with Crippen molar-refractivity contribution < 1.29 is 4.79 Å². The fraction of sp³-hybridized carbons (Fsp3) is 0.462. The van der Waals surface area contributed by atoms with Crippen LogP contribution in [0.3, 0.4) is 0 Å². The lowest BCUT2D eigenvalue weighted by Gasteiger charge is -2.24. The number of rotatable bonds is 0. The molecule has 0 saturated carbocycles. The summed E-state index contributed by atoms with van der Waals surface area (Å²) in [6.07, 6.45) is 0.526. The minimum Gasteiger partial charge on any atom is -0.383 e. The van der Waals surface area contributed by atoms with Crippen molar-refractivity contribution in [2.75, 3.05) is 17.2 Å². The molecule has 0 aliphatic carbocycles. The first kappa shape index (κ1) is 11.0. The summed E-state index contributed by atoms with van der Waals surface area (Å²) in [7, 11) is 0. The standard InChI is InChI=1S/C13H18N2O/c1-13(2,3)9-5-4-6-10-12(9)15-11(16)7-8-14-10/h4-6,14H,7-8H2,1-3H3,(H,15,16). The number of benzene rings is 1. The number of anilines is 2. The summed E-state index contributed by atoms with van der Waals surface area (Å²) in [6, 6.07) is 6.12. The van der Waals surface area contributed by atoms with E-state index >= 15 is 0 Å². The van der Waals surface area contributed by atoms with Crippen molar-refractivity contribution in [3.05, 3.63) is 23.8 Å². The highest BCUT2D eigenvalue weighted by Gasteiger charge is 2.22.